The van der Waals surface area contributed by atoms with Crippen LogP contribution in [0, 0.1) is 11.3 Å². The van der Waals surface area contributed by atoms with E-state index in [9.17, 15) is 4.79 Å². The Balaban J connectivity index is 1.86. The van der Waals surface area contributed by atoms with Crippen LogP contribution in [-0.4, -0.2) is 54.0 Å². The van der Waals surface area contributed by atoms with Crippen LogP contribution < -0.4 is 5.73 Å². The molecular weight excluding hydrogens is 204 g/mol. The molecule has 2 aliphatic rings. The van der Waals surface area contributed by atoms with Gasteiger partial charge in [-0.1, -0.05) is 0 Å². The monoisotopic (exact) mass is 222 g/mol. The summed E-state index contributed by atoms with van der Waals surface area (Å²) in [5.74, 6) is 0.0816. The van der Waals surface area contributed by atoms with Crippen molar-refractivity contribution in [2.75, 3.05) is 26.2 Å². The van der Waals surface area contributed by atoms with Crippen molar-refractivity contribution in [1.82, 2.24) is 9.80 Å². The van der Waals surface area contributed by atoms with Gasteiger partial charge in [0, 0.05) is 25.7 Å². The lowest BCUT2D eigenvalue weighted by Crippen LogP contribution is -2.42. The van der Waals surface area contributed by atoms with Crippen molar-refractivity contribution in [3.63, 3.8) is 0 Å². The van der Waals surface area contributed by atoms with Crippen LogP contribution in [-0.2, 0) is 4.79 Å². The summed E-state index contributed by atoms with van der Waals surface area (Å²) in [7, 11) is 0. The molecule has 5 heteroatoms. The Kier molecular flexibility index (Phi) is 3.42. The summed E-state index contributed by atoms with van der Waals surface area (Å²) in [6.07, 6.45) is 2.74. The van der Waals surface area contributed by atoms with Crippen LogP contribution >= 0.6 is 0 Å². The van der Waals surface area contributed by atoms with Gasteiger partial charge in [-0.25, -0.2) is 0 Å². The molecule has 2 heterocycles. The lowest BCUT2D eigenvalue weighted by molar-refractivity contribution is -0.132. The average Bonchev–Trinajstić information content (AvgIpc) is 2.86. The highest BCUT2D eigenvalue weighted by molar-refractivity contribution is 5.79. The van der Waals surface area contributed by atoms with Crippen LogP contribution in [0.3, 0.4) is 0 Å². The summed E-state index contributed by atoms with van der Waals surface area (Å²) in [5, 5.41) is 8.91. The minimum Gasteiger partial charge on any atom is -0.326 e. The summed E-state index contributed by atoms with van der Waals surface area (Å²) in [6, 6.07) is 2.19. The molecule has 0 aromatic heterocycles. The van der Waals surface area contributed by atoms with E-state index in [1.807, 2.05) is 0 Å². The number of likely N-dealkylation sites (tertiary alicyclic amines) is 2. The molecule has 5 nitrogen and oxygen atoms in total. The number of carbonyl (C=O) groups excluding carboxylic acids is 1. The van der Waals surface area contributed by atoms with Gasteiger partial charge < -0.3 is 10.6 Å². The van der Waals surface area contributed by atoms with Gasteiger partial charge in [0.2, 0.25) is 5.91 Å². The van der Waals surface area contributed by atoms with Crippen molar-refractivity contribution in [1.29, 1.82) is 5.26 Å². The third-order valence-electron chi connectivity index (χ3n) is 3.39. The predicted molar refractivity (Wildman–Crippen MR) is 59.4 cm³/mol. The highest BCUT2D eigenvalue weighted by Gasteiger charge is 2.30. The molecule has 0 radical (unpaired) electrons. The first-order valence-corrected chi connectivity index (χ1v) is 5.87. The summed E-state index contributed by atoms with van der Waals surface area (Å²) in [6.45, 7) is 2.86. The van der Waals surface area contributed by atoms with Crippen molar-refractivity contribution in [3.05, 3.63) is 0 Å². The number of rotatable bonds is 2. The fourth-order valence-electron chi connectivity index (χ4n) is 2.49. The van der Waals surface area contributed by atoms with E-state index in [1.54, 1.807) is 4.90 Å². The zero-order valence-electron chi connectivity index (χ0n) is 9.43. The summed E-state index contributed by atoms with van der Waals surface area (Å²) in [5.41, 5.74) is 5.79. The molecule has 2 atom stereocenters. The van der Waals surface area contributed by atoms with E-state index in [0.29, 0.717) is 6.54 Å². The smallest absolute Gasteiger partial charge is 0.237 e. The van der Waals surface area contributed by atoms with Crippen LogP contribution in [0.15, 0.2) is 0 Å². The minimum absolute atomic E-state index is 0.0816. The molecule has 1 amide bonds. The Morgan fingerprint density at radius 1 is 1.44 bits per heavy atom. The lowest BCUT2D eigenvalue weighted by Gasteiger charge is -2.23. The Labute approximate surface area is 95.8 Å². The Morgan fingerprint density at radius 3 is 2.88 bits per heavy atom. The highest BCUT2D eigenvalue weighted by Crippen LogP contribution is 2.17. The van der Waals surface area contributed by atoms with E-state index in [2.05, 4.69) is 11.0 Å². The molecule has 0 aromatic rings. The molecule has 88 valence electrons. The van der Waals surface area contributed by atoms with Crippen LogP contribution in [0.1, 0.15) is 19.3 Å². The number of nitrogens with zero attached hydrogens (tertiary/aromatic N) is 3. The van der Waals surface area contributed by atoms with Crippen molar-refractivity contribution < 1.29 is 4.79 Å². The van der Waals surface area contributed by atoms with E-state index < -0.39 is 0 Å². The molecule has 2 rings (SSSR count). The van der Waals surface area contributed by atoms with Crippen molar-refractivity contribution >= 4 is 5.91 Å². The molecule has 2 unspecified atom stereocenters. The van der Waals surface area contributed by atoms with Crippen molar-refractivity contribution in [2.24, 2.45) is 5.73 Å². The first-order valence-electron chi connectivity index (χ1n) is 5.87. The van der Waals surface area contributed by atoms with Gasteiger partial charge >= 0.3 is 0 Å². The maximum absolute atomic E-state index is 12.0. The van der Waals surface area contributed by atoms with Gasteiger partial charge in [0.25, 0.3) is 0 Å². The Morgan fingerprint density at radius 2 is 2.25 bits per heavy atom. The number of hydrogen-bond donors (Lipinski definition) is 1. The Bertz CT molecular complexity index is 312. The second kappa shape index (κ2) is 4.81. The van der Waals surface area contributed by atoms with Gasteiger partial charge in [-0.2, -0.15) is 5.26 Å². The standard InChI is InChI=1S/C11H18N4O/c12-6-10-2-1-4-15(10)11(16)8-14-5-3-9(13)7-14/h9-10H,1-5,7-8,13H2. The average molecular weight is 222 g/mol. The number of nitrogens with two attached hydrogens (primary N) is 1. The van der Waals surface area contributed by atoms with E-state index in [0.717, 1.165) is 38.9 Å². The highest BCUT2D eigenvalue weighted by atomic mass is 16.2. The quantitative estimate of drug-likeness (QED) is 0.686. The van der Waals surface area contributed by atoms with Crippen LogP contribution in [0.2, 0.25) is 0 Å². The lowest BCUT2D eigenvalue weighted by atomic mass is 10.2. The second-order valence-corrected chi connectivity index (χ2v) is 4.66. The van der Waals surface area contributed by atoms with Crippen LogP contribution in [0.25, 0.3) is 0 Å². The molecule has 16 heavy (non-hydrogen) atoms. The Hall–Kier alpha value is -1.12. The summed E-state index contributed by atoms with van der Waals surface area (Å²) >= 11 is 0. The third-order valence-corrected chi connectivity index (χ3v) is 3.39. The molecule has 2 aliphatic heterocycles. The van der Waals surface area contributed by atoms with Gasteiger partial charge in [-0.15, -0.1) is 0 Å². The van der Waals surface area contributed by atoms with Crippen molar-refractivity contribution in [3.8, 4) is 6.07 Å². The van der Waals surface area contributed by atoms with E-state index >= 15 is 0 Å². The van der Waals surface area contributed by atoms with Gasteiger partial charge in [0.1, 0.15) is 6.04 Å². The molecule has 0 saturated carbocycles. The summed E-state index contributed by atoms with van der Waals surface area (Å²) < 4.78 is 0. The SMILES string of the molecule is N#CC1CCCN1C(=O)CN1CCC(N)C1. The number of hydrogen-bond acceptors (Lipinski definition) is 4. The zero-order chi connectivity index (χ0) is 11.5. The van der Waals surface area contributed by atoms with E-state index in [4.69, 9.17) is 11.0 Å². The van der Waals surface area contributed by atoms with E-state index in [1.165, 1.54) is 0 Å². The maximum Gasteiger partial charge on any atom is 0.237 e. The van der Waals surface area contributed by atoms with Crippen LogP contribution in [0.5, 0.6) is 0 Å². The molecule has 0 aromatic carbocycles. The normalized spacial score (nSPS) is 30.6. The van der Waals surface area contributed by atoms with Gasteiger partial charge in [0.15, 0.2) is 0 Å². The predicted octanol–water partition coefficient (Wildman–Crippen LogP) is -0.466. The van der Waals surface area contributed by atoms with Crippen molar-refractivity contribution in [2.45, 2.75) is 31.3 Å². The molecular formula is C11H18N4O. The number of amides is 1. The second-order valence-electron chi connectivity index (χ2n) is 4.66. The molecule has 0 bridgehead atoms. The first kappa shape index (κ1) is 11.4. The van der Waals surface area contributed by atoms with Gasteiger partial charge in [-0.3, -0.25) is 9.69 Å². The zero-order valence-corrected chi connectivity index (χ0v) is 9.43. The fourth-order valence-corrected chi connectivity index (χ4v) is 2.49. The van der Waals surface area contributed by atoms with E-state index in [-0.39, 0.29) is 18.0 Å². The molecule has 2 fully saturated rings. The number of carbonyl (C=O) groups is 1. The molecule has 2 N–H and O–H groups in total. The molecule has 2 saturated heterocycles. The van der Waals surface area contributed by atoms with Gasteiger partial charge in [0.05, 0.1) is 12.6 Å². The van der Waals surface area contributed by atoms with Gasteiger partial charge in [-0.05, 0) is 19.3 Å². The third kappa shape index (κ3) is 2.34. The largest absolute Gasteiger partial charge is 0.326 e. The molecule has 0 spiro atoms. The summed E-state index contributed by atoms with van der Waals surface area (Å²) in [4.78, 5) is 15.8. The fraction of sp³-hybridized carbons (Fsp3) is 0.818. The molecule has 0 aliphatic carbocycles. The van der Waals surface area contributed by atoms with Crippen LogP contribution in [0.4, 0.5) is 0 Å². The topological polar surface area (TPSA) is 73.4 Å². The maximum atomic E-state index is 12.0. The minimum atomic E-state index is -0.205. The first-order chi connectivity index (χ1) is 7.70. The number of nitriles is 1.